The molecule has 114 valence electrons. The second-order valence-corrected chi connectivity index (χ2v) is 4.48. The Morgan fingerprint density at radius 2 is 1.90 bits per heavy atom. The zero-order chi connectivity index (χ0) is 15.3. The van der Waals surface area contributed by atoms with Crippen LogP contribution in [0.3, 0.4) is 0 Å². The highest BCUT2D eigenvalue weighted by Gasteiger charge is 2.33. The zero-order valence-electron chi connectivity index (χ0n) is 11.5. The number of hydrogen-bond donors (Lipinski definition) is 1. The lowest BCUT2D eigenvalue weighted by atomic mass is 10.2. The Labute approximate surface area is 120 Å². The van der Waals surface area contributed by atoms with Crippen LogP contribution in [0.4, 0.5) is 13.2 Å². The van der Waals surface area contributed by atoms with E-state index < -0.39 is 11.9 Å². The van der Waals surface area contributed by atoms with Gasteiger partial charge in [-0.15, -0.1) is 0 Å². The van der Waals surface area contributed by atoms with Crippen LogP contribution < -0.4 is 5.32 Å². The molecule has 2 aromatic rings. The summed E-state index contributed by atoms with van der Waals surface area (Å²) >= 11 is 0. The van der Waals surface area contributed by atoms with Crippen molar-refractivity contribution in [1.29, 1.82) is 0 Å². The van der Waals surface area contributed by atoms with Gasteiger partial charge in [-0.05, 0) is 23.8 Å². The topological polar surface area (TPSA) is 39.1 Å². The molecule has 0 aliphatic rings. The summed E-state index contributed by atoms with van der Waals surface area (Å²) < 4.78 is 43.6. The highest BCUT2D eigenvalue weighted by atomic mass is 19.4. The number of nitrogens with one attached hydrogen (secondary N) is 1. The monoisotopic (exact) mass is 299 g/mol. The van der Waals surface area contributed by atoms with Gasteiger partial charge in [-0.1, -0.05) is 12.1 Å². The van der Waals surface area contributed by atoms with E-state index in [0.29, 0.717) is 18.8 Å². The van der Waals surface area contributed by atoms with E-state index >= 15 is 0 Å². The minimum absolute atomic E-state index is 0.589. The highest BCUT2D eigenvalue weighted by Crippen LogP contribution is 2.27. The van der Waals surface area contributed by atoms with Crippen molar-refractivity contribution in [2.45, 2.75) is 12.7 Å². The number of hydrogen-bond acceptors (Lipinski definition) is 3. The van der Waals surface area contributed by atoms with Crippen LogP contribution in [0.5, 0.6) is 0 Å². The molecule has 1 N–H and O–H groups in total. The van der Waals surface area contributed by atoms with Crippen LogP contribution >= 0.6 is 0 Å². The summed E-state index contributed by atoms with van der Waals surface area (Å²) in [6, 6.07) is 8.13. The van der Waals surface area contributed by atoms with Gasteiger partial charge < -0.3 is 10.1 Å². The van der Waals surface area contributed by atoms with Gasteiger partial charge in [-0.2, -0.15) is 18.3 Å². The van der Waals surface area contributed by atoms with Crippen LogP contribution in [-0.4, -0.2) is 30.0 Å². The molecule has 0 fully saturated rings. The van der Waals surface area contributed by atoms with E-state index in [9.17, 15) is 13.2 Å². The molecule has 7 heteroatoms. The Bertz CT molecular complexity index is 564. The van der Waals surface area contributed by atoms with Gasteiger partial charge in [0.1, 0.15) is 0 Å². The van der Waals surface area contributed by atoms with Crippen molar-refractivity contribution in [1.82, 2.24) is 15.1 Å². The van der Waals surface area contributed by atoms with Gasteiger partial charge in [0.15, 0.2) is 5.69 Å². The van der Waals surface area contributed by atoms with Gasteiger partial charge in [0.25, 0.3) is 0 Å². The molecule has 0 aliphatic heterocycles. The fourth-order valence-electron chi connectivity index (χ4n) is 1.79. The third kappa shape index (κ3) is 4.30. The first-order chi connectivity index (χ1) is 10.0. The quantitative estimate of drug-likeness (QED) is 0.833. The number of halogens is 3. The standard InChI is InChI=1S/C14H16F3N3O/c1-21-9-7-18-10-11-2-4-12(5-3-11)20-8-6-13(19-20)14(15,16)17/h2-6,8,18H,7,9-10H2,1H3. The Morgan fingerprint density at radius 3 is 2.48 bits per heavy atom. The summed E-state index contributed by atoms with van der Waals surface area (Å²) in [6.45, 7) is 2.05. The summed E-state index contributed by atoms with van der Waals surface area (Å²) in [4.78, 5) is 0. The Hall–Kier alpha value is -1.86. The molecule has 0 saturated heterocycles. The number of alkyl halides is 3. The van der Waals surface area contributed by atoms with E-state index in [1.54, 1.807) is 19.2 Å². The first-order valence-electron chi connectivity index (χ1n) is 6.42. The number of benzene rings is 1. The lowest BCUT2D eigenvalue weighted by Crippen LogP contribution is -2.18. The molecule has 4 nitrogen and oxygen atoms in total. The average molecular weight is 299 g/mol. The molecule has 0 unspecified atom stereocenters. The zero-order valence-corrected chi connectivity index (χ0v) is 11.5. The first kappa shape index (κ1) is 15.5. The molecule has 2 rings (SSSR count). The Morgan fingerprint density at radius 1 is 1.19 bits per heavy atom. The molecular formula is C14H16F3N3O. The van der Waals surface area contributed by atoms with Crippen molar-refractivity contribution in [3.05, 3.63) is 47.8 Å². The van der Waals surface area contributed by atoms with Crippen molar-refractivity contribution in [2.75, 3.05) is 20.3 Å². The van der Waals surface area contributed by atoms with Gasteiger partial charge in [-0.25, -0.2) is 4.68 Å². The summed E-state index contributed by atoms with van der Waals surface area (Å²) in [6.07, 6.45) is -3.12. The molecule has 0 radical (unpaired) electrons. The van der Waals surface area contributed by atoms with E-state index in [0.717, 1.165) is 18.2 Å². The first-order valence-corrected chi connectivity index (χ1v) is 6.42. The smallest absolute Gasteiger partial charge is 0.383 e. The number of methoxy groups -OCH3 is 1. The number of rotatable bonds is 6. The van der Waals surface area contributed by atoms with Crippen molar-refractivity contribution in [2.24, 2.45) is 0 Å². The summed E-state index contributed by atoms with van der Waals surface area (Å²) in [5.74, 6) is 0. The van der Waals surface area contributed by atoms with Crippen LogP contribution in [0.2, 0.25) is 0 Å². The fraction of sp³-hybridized carbons (Fsp3) is 0.357. The molecule has 1 aromatic carbocycles. The van der Waals surface area contributed by atoms with Gasteiger partial charge in [0.2, 0.25) is 0 Å². The third-order valence-corrected chi connectivity index (χ3v) is 2.89. The molecule has 0 spiro atoms. The van der Waals surface area contributed by atoms with Crippen LogP contribution in [0.15, 0.2) is 36.5 Å². The van der Waals surface area contributed by atoms with Crippen LogP contribution in [-0.2, 0) is 17.5 Å². The van der Waals surface area contributed by atoms with E-state index in [1.807, 2.05) is 12.1 Å². The third-order valence-electron chi connectivity index (χ3n) is 2.89. The van der Waals surface area contributed by atoms with E-state index in [4.69, 9.17) is 4.74 Å². The van der Waals surface area contributed by atoms with Crippen molar-refractivity contribution in [3.63, 3.8) is 0 Å². The number of aromatic nitrogens is 2. The van der Waals surface area contributed by atoms with E-state index in [1.165, 1.54) is 10.9 Å². The van der Waals surface area contributed by atoms with Gasteiger partial charge in [-0.3, -0.25) is 0 Å². The summed E-state index contributed by atoms with van der Waals surface area (Å²) in [5, 5.41) is 6.72. The van der Waals surface area contributed by atoms with E-state index in [-0.39, 0.29) is 0 Å². The minimum Gasteiger partial charge on any atom is -0.383 e. The number of nitrogens with zero attached hydrogens (tertiary/aromatic N) is 2. The van der Waals surface area contributed by atoms with Gasteiger partial charge >= 0.3 is 6.18 Å². The van der Waals surface area contributed by atoms with Crippen LogP contribution in [0.25, 0.3) is 5.69 Å². The van der Waals surface area contributed by atoms with Crippen molar-refractivity contribution < 1.29 is 17.9 Å². The second-order valence-electron chi connectivity index (χ2n) is 4.48. The average Bonchev–Trinajstić information content (AvgIpc) is 2.94. The second kappa shape index (κ2) is 6.73. The fourth-order valence-corrected chi connectivity index (χ4v) is 1.79. The van der Waals surface area contributed by atoms with Crippen LogP contribution in [0, 0.1) is 0 Å². The SMILES string of the molecule is COCCNCc1ccc(-n2ccc(C(F)(F)F)n2)cc1. The molecular weight excluding hydrogens is 283 g/mol. The Kier molecular flexibility index (Phi) is 4.98. The van der Waals surface area contributed by atoms with Crippen LogP contribution in [0.1, 0.15) is 11.3 Å². The predicted octanol–water partition coefficient (Wildman–Crippen LogP) is 2.63. The number of ether oxygens (including phenoxy) is 1. The molecule has 0 amide bonds. The lowest BCUT2D eigenvalue weighted by Gasteiger charge is -2.06. The van der Waals surface area contributed by atoms with Crippen molar-refractivity contribution in [3.8, 4) is 5.69 Å². The minimum atomic E-state index is -4.42. The molecule has 0 saturated carbocycles. The molecule has 21 heavy (non-hydrogen) atoms. The molecule has 0 aliphatic carbocycles. The highest BCUT2D eigenvalue weighted by molar-refractivity contribution is 5.34. The molecule has 1 heterocycles. The maximum absolute atomic E-state index is 12.5. The normalized spacial score (nSPS) is 11.8. The summed E-state index contributed by atoms with van der Waals surface area (Å²) in [5.41, 5.74) is 0.733. The van der Waals surface area contributed by atoms with Gasteiger partial charge in [0.05, 0.1) is 12.3 Å². The molecule has 0 atom stereocenters. The Balaban J connectivity index is 2.00. The lowest BCUT2D eigenvalue weighted by molar-refractivity contribution is -0.141. The maximum Gasteiger partial charge on any atom is 0.435 e. The molecule has 0 bridgehead atoms. The van der Waals surface area contributed by atoms with Gasteiger partial charge in [0, 0.05) is 26.4 Å². The largest absolute Gasteiger partial charge is 0.435 e. The maximum atomic E-state index is 12.5. The van der Waals surface area contributed by atoms with E-state index in [2.05, 4.69) is 10.4 Å². The molecule has 1 aromatic heterocycles. The van der Waals surface area contributed by atoms with Crippen molar-refractivity contribution >= 4 is 0 Å². The predicted molar refractivity (Wildman–Crippen MR) is 72.1 cm³/mol. The summed E-state index contributed by atoms with van der Waals surface area (Å²) in [7, 11) is 1.63.